The van der Waals surface area contributed by atoms with E-state index in [2.05, 4.69) is 9.97 Å². The highest BCUT2D eigenvalue weighted by Crippen LogP contribution is 2.32. The van der Waals surface area contributed by atoms with Crippen LogP contribution in [0.2, 0.25) is 0 Å². The van der Waals surface area contributed by atoms with Crippen LogP contribution in [-0.4, -0.2) is 33.1 Å². The van der Waals surface area contributed by atoms with Crippen LogP contribution in [0.3, 0.4) is 0 Å². The Morgan fingerprint density at radius 1 is 1.47 bits per heavy atom. The van der Waals surface area contributed by atoms with Gasteiger partial charge in [-0.2, -0.15) is 0 Å². The number of anilines is 1. The van der Waals surface area contributed by atoms with Gasteiger partial charge in [0.25, 0.3) is 0 Å². The van der Waals surface area contributed by atoms with Gasteiger partial charge in [0.2, 0.25) is 0 Å². The number of hydrogen-bond acceptors (Lipinski definition) is 4. The van der Waals surface area contributed by atoms with Crippen molar-refractivity contribution in [2.75, 3.05) is 11.4 Å². The maximum absolute atomic E-state index is 11.6. The molecule has 0 aromatic carbocycles. The normalized spacial score (nSPS) is 23.4. The van der Waals surface area contributed by atoms with Gasteiger partial charge in [-0.05, 0) is 39.5 Å². The van der Waals surface area contributed by atoms with E-state index in [9.17, 15) is 9.90 Å². The van der Waals surface area contributed by atoms with Gasteiger partial charge in [0.05, 0.1) is 0 Å². The van der Waals surface area contributed by atoms with Gasteiger partial charge in [-0.1, -0.05) is 6.92 Å². The second-order valence-electron chi connectivity index (χ2n) is 5.31. The molecule has 2 rings (SSSR count). The average molecular weight is 263 g/mol. The van der Waals surface area contributed by atoms with Crippen LogP contribution in [0.5, 0.6) is 0 Å². The Labute approximate surface area is 113 Å². The lowest BCUT2D eigenvalue weighted by Gasteiger charge is -2.42. The van der Waals surface area contributed by atoms with Crippen LogP contribution in [0.4, 0.5) is 5.82 Å². The molecule has 5 nitrogen and oxygen atoms in total. The first-order valence-electron chi connectivity index (χ1n) is 6.83. The lowest BCUT2D eigenvalue weighted by atomic mass is 9.88. The Kier molecular flexibility index (Phi) is 3.73. The zero-order valence-corrected chi connectivity index (χ0v) is 11.8. The molecule has 1 atom stereocenters. The van der Waals surface area contributed by atoms with Crippen molar-refractivity contribution in [1.29, 1.82) is 0 Å². The Balaban J connectivity index is 2.43. The molecular weight excluding hydrogens is 242 g/mol. The van der Waals surface area contributed by atoms with Crippen LogP contribution in [0, 0.1) is 6.92 Å². The highest BCUT2D eigenvalue weighted by Gasteiger charge is 2.42. The highest BCUT2D eigenvalue weighted by atomic mass is 16.4. The summed E-state index contributed by atoms with van der Waals surface area (Å²) in [5.41, 5.74) is 0.102. The first-order valence-corrected chi connectivity index (χ1v) is 6.83. The second-order valence-corrected chi connectivity index (χ2v) is 5.31. The molecule has 1 N–H and O–H groups in total. The third-order valence-electron chi connectivity index (χ3n) is 3.87. The van der Waals surface area contributed by atoms with Crippen molar-refractivity contribution in [3.63, 3.8) is 0 Å². The van der Waals surface area contributed by atoms with E-state index >= 15 is 0 Å². The number of nitrogens with zero attached hydrogens (tertiary/aromatic N) is 3. The van der Waals surface area contributed by atoms with E-state index < -0.39 is 11.5 Å². The van der Waals surface area contributed by atoms with E-state index in [1.807, 2.05) is 24.8 Å². The summed E-state index contributed by atoms with van der Waals surface area (Å²) in [6.45, 7) is 6.42. The molecule has 5 heteroatoms. The van der Waals surface area contributed by atoms with Crippen molar-refractivity contribution in [3.05, 3.63) is 17.6 Å². The molecule has 1 unspecified atom stereocenters. The number of aryl methyl sites for hydroxylation is 2. The molecular formula is C14H21N3O2. The average Bonchev–Trinajstić information content (AvgIpc) is 2.38. The smallest absolute Gasteiger partial charge is 0.329 e. The minimum atomic E-state index is -0.857. The van der Waals surface area contributed by atoms with Gasteiger partial charge in [0.1, 0.15) is 17.2 Å². The third kappa shape index (κ3) is 2.55. The van der Waals surface area contributed by atoms with E-state index in [0.717, 1.165) is 37.3 Å². The van der Waals surface area contributed by atoms with Crippen LogP contribution in [0.1, 0.15) is 44.6 Å². The molecule has 0 spiro atoms. The Bertz CT molecular complexity index is 490. The van der Waals surface area contributed by atoms with E-state index in [1.54, 1.807) is 6.92 Å². The molecule has 1 aliphatic rings. The van der Waals surface area contributed by atoms with E-state index in [-0.39, 0.29) is 0 Å². The molecule has 0 radical (unpaired) electrons. The number of rotatable bonds is 3. The fourth-order valence-electron chi connectivity index (χ4n) is 2.64. The van der Waals surface area contributed by atoms with Crippen LogP contribution < -0.4 is 4.90 Å². The fourth-order valence-corrected chi connectivity index (χ4v) is 2.64. The summed E-state index contributed by atoms with van der Waals surface area (Å²) in [6.07, 6.45) is 3.44. The topological polar surface area (TPSA) is 66.3 Å². The fraction of sp³-hybridized carbons (Fsp3) is 0.643. The largest absolute Gasteiger partial charge is 0.480 e. The van der Waals surface area contributed by atoms with Crippen molar-refractivity contribution in [2.45, 2.75) is 52.0 Å². The van der Waals surface area contributed by atoms with Crippen LogP contribution in [0.25, 0.3) is 0 Å². The zero-order valence-electron chi connectivity index (χ0n) is 11.8. The van der Waals surface area contributed by atoms with Crippen LogP contribution >= 0.6 is 0 Å². The summed E-state index contributed by atoms with van der Waals surface area (Å²) in [5.74, 6) is 0.670. The Morgan fingerprint density at radius 2 is 2.21 bits per heavy atom. The molecule has 0 aliphatic carbocycles. The van der Waals surface area contributed by atoms with E-state index in [1.165, 1.54) is 0 Å². The van der Waals surface area contributed by atoms with Gasteiger partial charge in [-0.25, -0.2) is 14.8 Å². The zero-order chi connectivity index (χ0) is 14.0. The number of piperidine rings is 1. The van der Waals surface area contributed by atoms with E-state index in [0.29, 0.717) is 12.2 Å². The van der Waals surface area contributed by atoms with E-state index in [4.69, 9.17) is 0 Å². The molecule has 1 aromatic rings. The van der Waals surface area contributed by atoms with Crippen LogP contribution in [0.15, 0.2) is 6.07 Å². The standard InChI is InChI=1S/C14H21N3O2/c1-4-11-9-12(16-10(2)15-11)17-8-6-5-7-14(17,3)13(18)19/h9H,4-8H2,1-3H3,(H,18,19). The summed E-state index contributed by atoms with van der Waals surface area (Å²) in [4.78, 5) is 22.3. The van der Waals surface area contributed by atoms with Gasteiger partial charge in [-0.15, -0.1) is 0 Å². The molecule has 104 valence electrons. The van der Waals surface area contributed by atoms with Crippen molar-refractivity contribution >= 4 is 11.8 Å². The van der Waals surface area contributed by atoms with Gasteiger partial charge in [0.15, 0.2) is 0 Å². The van der Waals surface area contributed by atoms with Crippen molar-refractivity contribution in [2.24, 2.45) is 0 Å². The summed E-state index contributed by atoms with van der Waals surface area (Å²) in [5, 5.41) is 9.54. The molecule has 1 aliphatic heterocycles. The highest BCUT2D eigenvalue weighted by molar-refractivity contribution is 5.83. The first-order chi connectivity index (χ1) is 8.97. The first kappa shape index (κ1) is 13.8. The van der Waals surface area contributed by atoms with Crippen molar-refractivity contribution in [1.82, 2.24) is 9.97 Å². The van der Waals surface area contributed by atoms with Gasteiger partial charge in [0, 0.05) is 18.3 Å². The minimum Gasteiger partial charge on any atom is -0.480 e. The molecule has 0 bridgehead atoms. The summed E-state index contributed by atoms with van der Waals surface area (Å²) < 4.78 is 0. The van der Waals surface area contributed by atoms with Crippen molar-refractivity contribution in [3.8, 4) is 0 Å². The number of hydrogen-bond donors (Lipinski definition) is 1. The summed E-state index contributed by atoms with van der Waals surface area (Å²) >= 11 is 0. The lowest BCUT2D eigenvalue weighted by molar-refractivity contribution is -0.143. The maximum Gasteiger partial charge on any atom is 0.329 e. The predicted molar refractivity (Wildman–Crippen MR) is 73.4 cm³/mol. The van der Waals surface area contributed by atoms with Gasteiger partial charge < -0.3 is 10.0 Å². The number of aliphatic carboxylic acids is 1. The number of carbonyl (C=O) groups is 1. The molecule has 1 aromatic heterocycles. The molecule has 2 heterocycles. The molecule has 1 fully saturated rings. The monoisotopic (exact) mass is 263 g/mol. The lowest BCUT2D eigenvalue weighted by Crippen LogP contribution is -2.55. The Hall–Kier alpha value is -1.65. The number of aromatic nitrogens is 2. The quantitative estimate of drug-likeness (QED) is 0.905. The van der Waals surface area contributed by atoms with Crippen molar-refractivity contribution < 1.29 is 9.90 Å². The summed E-state index contributed by atoms with van der Waals surface area (Å²) in [7, 11) is 0. The van der Waals surface area contributed by atoms with Gasteiger partial charge >= 0.3 is 5.97 Å². The molecule has 0 saturated carbocycles. The molecule has 19 heavy (non-hydrogen) atoms. The van der Waals surface area contributed by atoms with Gasteiger partial charge in [-0.3, -0.25) is 0 Å². The number of carboxylic acid groups (broad SMARTS) is 1. The third-order valence-corrected chi connectivity index (χ3v) is 3.87. The van der Waals surface area contributed by atoms with Crippen LogP contribution in [-0.2, 0) is 11.2 Å². The molecule has 1 saturated heterocycles. The SMILES string of the molecule is CCc1cc(N2CCCCC2(C)C(=O)O)nc(C)n1. The second kappa shape index (κ2) is 5.15. The Morgan fingerprint density at radius 3 is 2.84 bits per heavy atom. The maximum atomic E-state index is 11.6. The minimum absolute atomic E-state index is 0.660. The number of carboxylic acids is 1. The predicted octanol–water partition coefficient (Wildman–Crippen LogP) is 2.18. The summed E-state index contributed by atoms with van der Waals surface area (Å²) in [6, 6.07) is 1.92. The molecule has 0 amide bonds.